The van der Waals surface area contributed by atoms with Crippen LogP contribution < -0.4 is 0 Å². The molecule has 22 heavy (non-hydrogen) atoms. The Morgan fingerprint density at radius 1 is 1.23 bits per heavy atom. The average molecular weight is 302 g/mol. The van der Waals surface area contributed by atoms with Crippen molar-refractivity contribution in [3.63, 3.8) is 0 Å². The van der Waals surface area contributed by atoms with Crippen LogP contribution in [0.1, 0.15) is 60.3 Å². The van der Waals surface area contributed by atoms with E-state index in [0.717, 1.165) is 25.7 Å². The second-order valence-corrected chi connectivity index (χ2v) is 9.90. The minimum absolute atomic E-state index is 0.0183. The van der Waals surface area contributed by atoms with Crippen molar-refractivity contribution in [2.75, 3.05) is 0 Å². The Morgan fingerprint density at radius 2 is 1.91 bits per heavy atom. The van der Waals surface area contributed by atoms with E-state index in [1.807, 2.05) is 6.08 Å². The van der Waals surface area contributed by atoms with Gasteiger partial charge in [0.2, 0.25) is 0 Å². The standard InChI is InChI=1S/C20H30O2/c1-12-6-7-14(21)19(5)9-8-13-16-17(2,3)10-15(22)18(16,4)11-20(12,13)19/h6-7,12-13,15-16,22H,8-11H2,1-5H3/t12-,13-,15+,16+,18-,19-,20-/m1/s1. The zero-order valence-electron chi connectivity index (χ0n) is 14.6. The molecule has 1 N–H and O–H groups in total. The van der Waals surface area contributed by atoms with Crippen LogP contribution in [0.4, 0.5) is 0 Å². The van der Waals surface area contributed by atoms with Gasteiger partial charge in [-0.15, -0.1) is 0 Å². The van der Waals surface area contributed by atoms with E-state index >= 15 is 0 Å². The molecule has 0 saturated heterocycles. The molecule has 4 aliphatic carbocycles. The van der Waals surface area contributed by atoms with Gasteiger partial charge in [0.1, 0.15) is 0 Å². The second kappa shape index (κ2) is 3.88. The number of hydrogen-bond acceptors (Lipinski definition) is 2. The second-order valence-electron chi connectivity index (χ2n) is 9.90. The number of aliphatic hydroxyl groups excluding tert-OH is 1. The quantitative estimate of drug-likeness (QED) is 0.735. The summed E-state index contributed by atoms with van der Waals surface area (Å²) in [6.07, 6.45) is 7.91. The highest BCUT2D eigenvalue weighted by Crippen LogP contribution is 2.79. The molecule has 122 valence electrons. The molecule has 7 atom stereocenters. The topological polar surface area (TPSA) is 37.3 Å². The van der Waals surface area contributed by atoms with Crippen LogP contribution in [0.2, 0.25) is 0 Å². The van der Waals surface area contributed by atoms with Crippen LogP contribution in [0, 0.1) is 39.4 Å². The summed E-state index contributed by atoms with van der Waals surface area (Å²) >= 11 is 0. The lowest BCUT2D eigenvalue weighted by atomic mass is 9.52. The number of fused-ring (bicyclic) bond motifs is 2. The number of ketones is 1. The summed E-state index contributed by atoms with van der Waals surface area (Å²) in [6, 6.07) is 0. The Labute approximate surface area is 134 Å². The van der Waals surface area contributed by atoms with Crippen molar-refractivity contribution in [2.24, 2.45) is 39.4 Å². The van der Waals surface area contributed by atoms with Crippen molar-refractivity contribution in [1.82, 2.24) is 0 Å². The summed E-state index contributed by atoms with van der Waals surface area (Å²) in [5.41, 5.74) is 0.0129. The summed E-state index contributed by atoms with van der Waals surface area (Å²) in [5, 5.41) is 10.9. The molecule has 4 aliphatic rings. The molecular formula is C20H30O2. The van der Waals surface area contributed by atoms with Gasteiger partial charge in [-0.2, -0.15) is 0 Å². The van der Waals surface area contributed by atoms with Crippen molar-refractivity contribution >= 4 is 5.78 Å². The first-order chi connectivity index (χ1) is 10.1. The van der Waals surface area contributed by atoms with Gasteiger partial charge < -0.3 is 5.11 Å². The van der Waals surface area contributed by atoms with E-state index < -0.39 is 0 Å². The minimum Gasteiger partial charge on any atom is -0.393 e. The molecule has 4 rings (SSSR count). The highest BCUT2D eigenvalue weighted by molar-refractivity contribution is 5.96. The molecule has 0 unspecified atom stereocenters. The van der Waals surface area contributed by atoms with Crippen LogP contribution in [0.3, 0.4) is 0 Å². The first-order valence-electron chi connectivity index (χ1n) is 9.00. The van der Waals surface area contributed by atoms with Crippen molar-refractivity contribution in [2.45, 2.75) is 66.4 Å². The summed E-state index contributed by atoms with van der Waals surface area (Å²) in [6.45, 7) is 11.5. The fourth-order valence-electron chi connectivity index (χ4n) is 7.90. The van der Waals surface area contributed by atoms with Crippen molar-refractivity contribution in [3.05, 3.63) is 12.2 Å². The Bertz CT molecular complexity index is 576. The van der Waals surface area contributed by atoms with Crippen molar-refractivity contribution in [3.8, 4) is 0 Å². The molecule has 0 heterocycles. The first-order valence-corrected chi connectivity index (χ1v) is 9.00. The highest BCUT2D eigenvalue weighted by Gasteiger charge is 2.76. The van der Waals surface area contributed by atoms with Crippen molar-refractivity contribution in [1.29, 1.82) is 0 Å². The Morgan fingerprint density at radius 3 is 2.59 bits per heavy atom. The number of aliphatic hydroxyl groups is 1. The SMILES string of the molecule is C[C@@H]1C=CC(=O)[C@@]2(C)CC[C@@H]3[C@H]4C(C)(C)C[C@H](O)[C@@]4(C)C[C@@]132. The van der Waals surface area contributed by atoms with Gasteiger partial charge in [-0.05, 0) is 65.8 Å². The van der Waals surface area contributed by atoms with Crippen LogP contribution >= 0.6 is 0 Å². The van der Waals surface area contributed by atoms with E-state index in [1.54, 1.807) is 0 Å². The van der Waals surface area contributed by atoms with E-state index in [2.05, 4.69) is 40.7 Å². The molecule has 2 nitrogen and oxygen atoms in total. The molecular weight excluding hydrogens is 272 g/mol. The van der Waals surface area contributed by atoms with Gasteiger partial charge in [0, 0.05) is 5.41 Å². The number of carbonyl (C=O) groups excluding carboxylic acids is 1. The van der Waals surface area contributed by atoms with Gasteiger partial charge in [-0.3, -0.25) is 4.79 Å². The Kier molecular flexibility index (Phi) is 2.63. The van der Waals surface area contributed by atoms with Gasteiger partial charge in [-0.25, -0.2) is 0 Å². The smallest absolute Gasteiger partial charge is 0.161 e. The van der Waals surface area contributed by atoms with E-state index in [-0.39, 0.29) is 27.8 Å². The maximum absolute atomic E-state index is 12.8. The molecule has 0 bridgehead atoms. The van der Waals surface area contributed by atoms with E-state index in [0.29, 0.717) is 23.5 Å². The average Bonchev–Trinajstić information content (AvgIpc) is 2.92. The van der Waals surface area contributed by atoms with Crippen LogP contribution in [-0.4, -0.2) is 17.0 Å². The molecule has 3 fully saturated rings. The molecule has 3 saturated carbocycles. The van der Waals surface area contributed by atoms with Crippen LogP contribution in [0.15, 0.2) is 12.2 Å². The van der Waals surface area contributed by atoms with Gasteiger partial charge in [0.25, 0.3) is 0 Å². The van der Waals surface area contributed by atoms with E-state index in [1.165, 1.54) is 0 Å². The summed E-state index contributed by atoms with van der Waals surface area (Å²) in [7, 11) is 0. The summed E-state index contributed by atoms with van der Waals surface area (Å²) in [5.74, 6) is 1.90. The predicted octanol–water partition coefficient (Wildman–Crippen LogP) is 3.98. The third-order valence-corrected chi connectivity index (χ3v) is 8.65. The monoisotopic (exact) mass is 302 g/mol. The van der Waals surface area contributed by atoms with Gasteiger partial charge in [0.05, 0.1) is 6.10 Å². The van der Waals surface area contributed by atoms with Crippen LogP contribution in [0.25, 0.3) is 0 Å². The minimum atomic E-state index is -0.218. The maximum Gasteiger partial charge on any atom is 0.161 e. The third kappa shape index (κ3) is 1.32. The first kappa shape index (κ1) is 14.9. The maximum atomic E-state index is 12.8. The summed E-state index contributed by atoms with van der Waals surface area (Å²) < 4.78 is 0. The normalized spacial score (nSPS) is 58.5. The van der Waals surface area contributed by atoms with Gasteiger partial charge in [-0.1, -0.05) is 40.7 Å². The number of carbonyl (C=O) groups is 1. The molecule has 0 aromatic carbocycles. The lowest BCUT2D eigenvalue weighted by Gasteiger charge is -2.50. The van der Waals surface area contributed by atoms with Gasteiger partial charge in [0.15, 0.2) is 5.78 Å². The van der Waals surface area contributed by atoms with Gasteiger partial charge >= 0.3 is 0 Å². The molecule has 0 aliphatic heterocycles. The fourth-order valence-corrected chi connectivity index (χ4v) is 7.90. The van der Waals surface area contributed by atoms with Crippen LogP contribution in [0.5, 0.6) is 0 Å². The molecule has 0 radical (unpaired) electrons. The highest BCUT2D eigenvalue weighted by atomic mass is 16.3. The lowest BCUT2D eigenvalue weighted by molar-refractivity contribution is -0.134. The van der Waals surface area contributed by atoms with E-state index in [9.17, 15) is 9.90 Å². The Balaban J connectivity index is 1.92. The fraction of sp³-hybridized carbons (Fsp3) is 0.850. The number of hydrogen-bond donors (Lipinski definition) is 1. The van der Waals surface area contributed by atoms with Crippen LogP contribution in [-0.2, 0) is 4.79 Å². The zero-order chi connectivity index (χ0) is 16.1. The largest absolute Gasteiger partial charge is 0.393 e. The lowest BCUT2D eigenvalue weighted by Crippen LogP contribution is -2.50. The predicted molar refractivity (Wildman–Crippen MR) is 87.2 cm³/mol. The molecule has 2 heteroatoms. The zero-order valence-corrected chi connectivity index (χ0v) is 14.6. The summed E-state index contributed by atoms with van der Waals surface area (Å²) in [4.78, 5) is 12.8. The Hall–Kier alpha value is -0.630. The van der Waals surface area contributed by atoms with E-state index in [4.69, 9.17) is 0 Å². The molecule has 0 aromatic heterocycles. The number of allylic oxidation sites excluding steroid dienone is 2. The number of rotatable bonds is 0. The third-order valence-electron chi connectivity index (χ3n) is 8.65. The van der Waals surface area contributed by atoms with Crippen molar-refractivity contribution < 1.29 is 9.90 Å². The molecule has 1 spiro atoms. The molecule has 0 aromatic rings. The molecule has 0 amide bonds.